The number of halogens is 1. The van der Waals surface area contributed by atoms with Gasteiger partial charge in [0.15, 0.2) is 5.69 Å². The van der Waals surface area contributed by atoms with Crippen LogP contribution in [0.5, 0.6) is 0 Å². The molecule has 3 heterocycles. The molecule has 3 aromatic heterocycles. The maximum atomic E-state index is 11.0. The highest BCUT2D eigenvalue weighted by atomic mass is 79.9. The zero-order valence-electron chi connectivity index (χ0n) is 10.3. The lowest BCUT2D eigenvalue weighted by molar-refractivity contribution is 0.0691. The molecule has 0 aromatic carbocycles. The Kier molecular flexibility index (Phi) is 3.23. The first-order chi connectivity index (χ1) is 9.65. The first-order valence-electron chi connectivity index (χ1n) is 5.93. The zero-order valence-corrected chi connectivity index (χ0v) is 11.9. The Morgan fingerprint density at radius 1 is 1.25 bits per heavy atom. The third kappa shape index (κ3) is 2.30. The first kappa shape index (κ1) is 12.8. The highest BCUT2D eigenvalue weighted by Gasteiger charge is 2.12. The van der Waals surface area contributed by atoms with Crippen molar-refractivity contribution in [3.8, 4) is 0 Å². The number of carbonyl (C=O) groups is 1. The molecule has 0 saturated heterocycles. The minimum absolute atomic E-state index is 0.0408. The van der Waals surface area contributed by atoms with Gasteiger partial charge in [0.05, 0.1) is 0 Å². The predicted molar refractivity (Wildman–Crippen MR) is 77.7 cm³/mol. The van der Waals surface area contributed by atoms with Crippen molar-refractivity contribution in [3.05, 3.63) is 58.6 Å². The van der Waals surface area contributed by atoms with E-state index in [4.69, 9.17) is 5.11 Å². The number of aromatic nitrogens is 3. The molecular weight excluding hydrogens is 322 g/mol. The standard InChI is InChI=1S/C14H10BrN3O2/c15-11-8-18(7-9-3-5-16-6-4-9)13-10(11)1-2-12(17-13)14(19)20/h1-6,8H,7H2,(H,19,20). The average molecular weight is 332 g/mol. The van der Waals surface area contributed by atoms with E-state index in [1.165, 1.54) is 6.07 Å². The van der Waals surface area contributed by atoms with E-state index in [0.717, 1.165) is 15.4 Å². The summed E-state index contributed by atoms with van der Waals surface area (Å²) in [6.07, 6.45) is 5.36. The fourth-order valence-electron chi connectivity index (χ4n) is 2.05. The van der Waals surface area contributed by atoms with Crippen LogP contribution in [0.3, 0.4) is 0 Å². The molecule has 0 radical (unpaired) electrons. The SMILES string of the molecule is O=C(O)c1ccc2c(Br)cn(Cc3ccncc3)c2n1. The molecule has 0 unspecified atom stereocenters. The van der Waals surface area contributed by atoms with Crippen LogP contribution in [0, 0.1) is 0 Å². The van der Waals surface area contributed by atoms with Crippen molar-refractivity contribution in [2.24, 2.45) is 0 Å². The lowest BCUT2D eigenvalue weighted by atomic mass is 10.2. The molecule has 0 atom stereocenters. The number of carboxylic acids is 1. The maximum absolute atomic E-state index is 11.0. The van der Waals surface area contributed by atoms with Crippen LogP contribution >= 0.6 is 15.9 Å². The topological polar surface area (TPSA) is 68.0 Å². The summed E-state index contributed by atoms with van der Waals surface area (Å²) < 4.78 is 2.81. The van der Waals surface area contributed by atoms with Crippen LogP contribution in [0.25, 0.3) is 11.0 Å². The normalized spacial score (nSPS) is 10.8. The summed E-state index contributed by atoms with van der Waals surface area (Å²) in [5, 5.41) is 9.93. The van der Waals surface area contributed by atoms with E-state index in [2.05, 4.69) is 25.9 Å². The minimum atomic E-state index is -1.03. The molecule has 0 aliphatic heterocycles. The van der Waals surface area contributed by atoms with E-state index < -0.39 is 5.97 Å². The van der Waals surface area contributed by atoms with E-state index in [0.29, 0.717) is 12.2 Å². The lowest BCUT2D eigenvalue weighted by Crippen LogP contribution is -2.03. The van der Waals surface area contributed by atoms with Crippen LogP contribution < -0.4 is 0 Å². The van der Waals surface area contributed by atoms with Crippen LogP contribution in [-0.2, 0) is 6.54 Å². The smallest absolute Gasteiger partial charge is 0.354 e. The third-order valence-corrected chi connectivity index (χ3v) is 3.63. The van der Waals surface area contributed by atoms with Gasteiger partial charge in [-0.05, 0) is 45.8 Å². The highest BCUT2D eigenvalue weighted by molar-refractivity contribution is 9.10. The molecule has 1 N–H and O–H groups in total. The second-order valence-corrected chi connectivity index (χ2v) is 5.19. The van der Waals surface area contributed by atoms with Crippen molar-refractivity contribution in [2.45, 2.75) is 6.54 Å². The molecule has 0 amide bonds. The van der Waals surface area contributed by atoms with Gasteiger partial charge in [-0.1, -0.05) is 0 Å². The highest BCUT2D eigenvalue weighted by Crippen LogP contribution is 2.25. The third-order valence-electron chi connectivity index (χ3n) is 3.00. The Labute approximate surface area is 123 Å². The number of hydrogen-bond donors (Lipinski definition) is 1. The Hall–Kier alpha value is -2.21. The van der Waals surface area contributed by atoms with Gasteiger partial charge in [-0.25, -0.2) is 9.78 Å². The molecule has 0 aliphatic rings. The van der Waals surface area contributed by atoms with E-state index in [1.807, 2.05) is 22.9 Å². The molecule has 20 heavy (non-hydrogen) atoms. The van der Waals surface area contributed by atoms with Gasteiger partial charge in [0.25, 0.3) is 0 Å². The monoisotopic (exact) mass is 331 g/mol. The maximum Gasteiger partial charge on any atom is 0.354 e. The zero-order chi connectivity index (χ0) is 14.1. The van der Waals surface area contributed by atoms with Gasteiger partial charge >= 0.3 is 5.97 Å². The molecule has 5 nitrogen and oxygen atoms in total. The largest absolute Gasteiger partial charge is 0.477 e. The molecule has 6 heteroatoms. The predicted octanol–water partition coefficient (Wildman–Crippen LogP) is 2.94. The van der Waals surface area contributed by atoms with Gasteiger partial charge in [0, 0.05) is 35.0 Å². The van der Waals surface area contributed by atoms with E-state index >= 15 is 0 Å². The summed E-state index contributed by atoms with van der Waals surface area (Å²) in [5.74, 6) is -1.03. The van der Waals surface area contributed by atoms with Crippen LogP contribution in [0.2, 0.25) is 0 Å². The van der Waals surface area contributed by atoms with E-state index in [-0.39, 0.29) is 5.69 Å². The fourth-order valence-corrected chi connectivity index (χ4v) is 2.60. The van der Waals surface area contributed by atoms with Gasteiger partial charge < -0.3 is 9.67 Å². The van der Waals surface area contributed by atoms with Gasteiger partial charge in [0.1, 0.15) is 5.65 Å². The first-order valence-corrected chi connectivity index (χ1v) is 6.72. The Morgan fingerprint density at radius 3 is 2.70 bits per heavy atom. The lowest BCUT2D eigenvalue weighted by Gasteiger charge is -2.05. The molecule has 0 bridgehead atoms. The van der Waals surface area contributed by atoms with Crippen LogP contribution in [0.15, 0.2) is 47.3 Å². The van der Waals surface area contributed by atoms with Crippen molar-refractivity contribution in [3.63, 3.8) is 0 Å². The molecule has 3 aromatic rings. The number of nitrogens with zero attached hydrogens (tertiary/aromatic N) is 3. The summed E-state index contributed by atoms with van der Waals surface area (Å²) in [6.45, 7) is 0.612. The van der Waals surface area contributed by atoms with Crippen LogP contribution in [0.4, 0.5) is 0 Å². The number of carboxylic acid groups (broad SMARTS) is 1. The van der Waals surface area contributed by atoms with Gasteiger partial charge in [-0.3, -0.25) is 4.98 Å². The van der Waals surface area contributed by atoms with Gasteiger partial charge in [-0.15, -0.1) is 0 Å². The molecule has 3 rings (SSSR count). The van der Waals surface area contributed by atoms with Gasteiger partial charge in [0.2, 0.25) is 0 Å². The van der Waals surface area contributed by atoms with Crippen molar-refractivity contribution < 1.29 is 9.90 Å². The summed E-state index contributed by atoms with van der Waals surface area (Å²) in [6, 6.07) is 7.10. The summed E-state index contributed by atoms with van der Waals surface area (Å²) >= 11 is 3.47. The van der Waals surface area contributed by atoms with Crippen LogP contribution in [0.1, 0.15) is 16.1 Å². The Morgan fingerprint density at radius 2 is 2.00 bits per heavy atom. The minimum Gasteiger partial charge on any atom is -0.477 e. The van der Waals surface area contributed by atoms with Gasteiger partial charge in [-0.2, -0.15) is 0 Å². The quantitative estimate of drug-likeness (QED) is 0.801. The van der Waals surface area contributed by atoms with Crippen molar-refractivity contribution in [2.75, 3.05) is 0 Å². The summed E-state index contributed by atoms with van der Waals surface area (Å²) in [7, 11) is 0. The second-order valence-electron chi connectivity index (χ2n) is 4.33. The second kappa shape index (κ2) is 5.05. The molecule has 100 valence electrons. The average Bonchev–Trinajstić information content (AvgIpc) is 2.76. The van der Waals surface area contributed by atoms with Crippen molar-refractivity contribution in [1.29, 1.82) is 0 Å². The number of aromatic carboxylic acids is 1. The number of fused-ring (bicyclic) bond motifs is 1. The van der Waals surface area contributed by atoms with E-state index in [1.54, 1.807) is 18.5 Å². The number of pyridine rings is 2. The Bertz CT molecular complexity index is 784. The number of rotatable bonds is 3. The van der Waals surface area contributed by atoms with E-state index in [9.17, 15) is 4.79 Å². The summed E-state index contributed by atoms with van der Waals surface area (Å²) in [5.41, 5.74) is 1.76. The van der Waals surface area contributed by atoms with Crippen LogP contribution in [-0.4, -0.2) is 25.6 Å². The Balaban J connectivity index is 2.10. The molecular formula is C14H10BrN3O2. The molecule has 0 aliphatic carbocycles. The summed E-state index contributed by atoms with van der Waals surface area (Å²) in [4.78, 5) is 19.2. The molecule has 0 spiro atoms. The molecule has 0 fully saturated rings. The fraction of sp³-hybridized carbons (Fsp3) is 0.0714. The van der Waals surface area contributed by atoms with Crippen molar-refractivity contribution in [1.82, 2.24) is 14.5 Å². The molecule has 0 saturated carbocycles. The number of hydrogen-bond acceptors (Lipinski definition) is 3. The van der Waals surface area contributed by atoms with Crippen molar-refractivity contribution >= 4 is 32.9 Å².